The monoisotopic (exact) mass is 254 g/mol. The van der Waals surface area contributed by atoms with Gasteiger partial charge in [0.15, 0.2) is 17.1 Å². The zero-order valence-electron chi connectivity index (χ0n) is 10.4. The minimum absolute atomic E-state index is 0.624. The molecule has 4 aromatic rings. The van der Waals surface area contributed by atoms with Crippen LogP contribution < -0.4 is 0 Å². The molecule has 0 amide bonds. The number of fused-ring (bicyclic) bond motifs is 3. The van der Waals surface area contributed by atoms with E-state index in [-0.39, 0.29) is 0 Å². The van der Waals surface area contributed by atoms with Crippen LogP contribution in [0.5, 0.6) is 0 Å². The van der Waals surface area contributed by atoms with Crippen molar-refractivity contribution in [3.05, 3.63) is 24.3 Å². The summed E-state index contributed by atoms with van der Waals surface area (Å²) in [7, 11) is 1.87. The van der Waals surface area contributed by atoms with Crippen LogP contribution in [0.2, 0.25) is 0 Å². The van der Waals surface area contributed by atoms with Gasteiger partial charge in [-0.3, -0.25) is 9.78 Å². The van der Waals surface area contributed by atoms with E-state index in [1.807, 2.05) is 20.0 Å². The van der Waals surface area contributed by atoms with E-state index in [2.05, 4.69) is 30.4 Å². The Morgan fingerprint density at radius 3 is 2.95 bits per heavy atom. The molecular formula is C11H10N8. The molecule has 0 saturated heterocycles. The Kier molecular flexibility index (Phi) is 1.81. The maximum Gasteiger partial charge on any atom is 0.200 e. The van der Waals surface area contributed by atoms with Crippen molar-refractivity contribution in [2.24, 2.45) is 7.05 Å². The Balaban J connectivity index is 2.03. The summed E-state index contributed by atoms with van der Waals surface area (Å²) in [5.41, 5.74) is 3.24. The largest absolute Gasteiger partial charge is 0.264 e. The number of H-pyrrole nitrogens is 1. The van der Waals surface area contributed by atoms with Gasteiger partial charge in [-0.05, 0) is 13.0 Å². The molecule has 0 fully saturated rings. The normalized spacial score (nSPS) is 11.7. The van der Waals surface area contributed by atoms with Gasteiger partial charge in [0.2, 0.25) is 0 Å². The van der Waals surface area contributed by atoms with Gasteiger partial charge in [-0.2, -0.15) is 10.2 Å². The molecular weight excluding hydrogens is 244 g/mol. The van der Waals surface area contributed by atoms with Crippen molar-refractivity contribution in [1.29, 1.82) is 0 Å². The maximum absolute atomic E-state index is 4.55. The molecule has 19 heavy (non-hydrogen) atoms. The third-order valence-corrected chi connectivity index (χ3v) is 3.02. The molecule has 0 bridgehead atoms. The molecule has 0 radical (unpaired) electrons. The van der Waals surface area contributed by atoms with Gasteiger partial charge in [-0.1, -0.05) is 0 Å². The Morgan fingerprint density at radius 1 is 1.26 bits per heavy atom. The average Bonchev–Trinajstić information content (AvgIpc) is 3.05. The summed E-state index contributed by atoms with van der Waals surface area (Å²) >= 11 is 0. The quantitative estimate of drug-likeness (QED) is 0.540. The lowest BCUT2D eigenvalue weighted by atomic mass is 10.3. The number of nitrogens with one attached hydrogen (secondary N) is 1. The minimum atomic E-state index is 0.624. The first-order valence-electron chi connectivity index (χ1n) is 5.78. The van der Waals surface area contributed by atoms with Crippen molar-refractivity contribution in [1.82, 2.24) is 39.6 Å². The van der Waals surface area contributed by atoms with Crippen molar-refractivity contribution < 1.29 is 0 Å². The molecule has 0 aliphatic carbocycles. The number of aromatic nitrogens is 8. The van der Waals surface area contributed by atoms with Gasteiger partial charge < -0.3 is 0 Å². The third kappa shape index (κ3) is 1.36. The van der Waals surface area contributed by atoms with E-state index in [4.69, 9.17) is 0 Å². The van der Waals surface area contributed by atoms with Gasteiger partial charge in [0.1, 0.15) is 12.0 Å². The smallest absolute Gasteiger partial charge is 0.200 e. The fraction of sp³-hybridized carbons (Fsp3) is 0.182. The van der Waals surface area contributed by atoms with Gasteiger partial charge in [0.25, 0.3) is 0 Å². The molecule has 0 aromatic carbocycles. The van der Waals surface area contributed by atoms with Gasteiger partial charge >= 0.3 is 0 Å². The van der Waals surface area contributed by atoms with Crippen LogP contribution in [0.15, 0.2) is 18.6 Å². The van der Waals surface area contributed by atoms with E-state index in [1.54, 1.807) is 21.7 Å². The number of hydrogen-bond acceptors (Lipinski definition) is 5. The fourth-order valence-corrected chi connectivity index (χ4v) is 2.17. The lowest BCUT2D eigenvalue weighted by Gasteiger charge is -1.93. The van der Waals surface area contributed by atoms with E-state index in [0.717, 1.165) is 22.4 Å². The van der Waals surface area contributed by atoms with Crippen molar-refractivity contribution in [2.75, 3.05) is 0 Å². The van der Waals surface area contributed by atoms with E-state index < -0.39 is 0 Å². The maximum atomic E-state index is 4.55. The molecule has 4 aromatic heterocycles. The standard InChI is InChI=1S/C11H10N8/c1-6-3-8(18(2)16-6)10-14-11-7-4-13-15-9(7)12-5-19(11)17-10/h3-5H,1-2H3,(H,13,15). The zero-order chi connectivity index (χ0) is 13.0. The first-order chi connectivity index (χ1) is 9.22. The third-order valence-electron chi connectivity index (χ3n) is 3.02. The van der Waals surface area contributed by atoms with E-state index in [9.17, 15) is 0 Å². The number of rotatable bonds is 1. The van der Waals surface area contributed by atoms with Crippen LogP contribution >= 0.6 is 0 Å². The number of aryl methyl sites for hydroxylation is 2. The number of aromatic amines is 1. The fourth-order valence-electron chi connectivity index (χ4n) is 2.17. The SMILES string of the molecule is Cc1cc(-c2nc3c4cn[nH]c4ncn3n2)n(C)n1. The van der Waals surface area contributed by atoms with Gasteiger partial charge in [-0.25, -0.2) is 14.5 Å². The average molecular weight is 254 g/mol. The summed E-state index contributed by atoms with van der Waals surface area (Å²) in [6.07, 6.45) is 3.32. The number of nitrogens with zero attached hydrogens (tertiary/aromatic N) is 7. The molecule has 0 unspecified atom stereocenters. The Morgan fingerprint density at radius 2 is 2.16 bits per heavy atom. The van der Waals surface area contributed by atoms with Crippen LogP contribution in [0.25, 0.3) is 28.2 Å². The molecule has 0 atom stereocenters. The van der Waals surface area contributed by atoms with Gasteiger partial charge in [-0.15, -0.1) is 5.10 Å². The Labute approximate surface area is 107 Å². The van der Waals surface area contributed by atoms with E-state index >= 15 is 0 Å². The van der Waals surface area contributed by atoms with Crippen LogP contribution in [-0.2, 0) is 7.05 Å². The van der Waals surface area contributed by atoms with Crippen molar-refractivity contribution in [2.45, 2.75) is 6.92 Å². The summed E-state index contributed by atoms with van der Waals surface area (Å²) in [5.74, 6) is 0.624. The molecule has 0 saturated carbocycles. The van der Waals surface area contributed by atoms with Crippen LogP contribution in [0, 0.1) is 6.92 Å². The predicted octanol–water partition coefficient (Wildman–Crippen LogP) is 0.710. The predicted molar refractivity (Wildman–Crippen MR) is 67.4 cm³/mol. The minimum Gasteiger partial charge on any atom is -0.264 e. The summed E-state index contributed by atoms with van der Waals surface area (Å²) in [6, 6.07) is 1.95. The molecule has 4 rings (SSSR count). The Hall–Kier alpha value is -2.77. The summed E-state index contributed by atoms with van der Waals surface area (Å²) in [5, 5.41) is 16.4. The second-order valence-corrected chi connectivity index (χ2v) is 4.38. The molecule has 0 aliphatic rings. The highest BCUT2D eigenvalue weighted by Gasteiger charge is 2.14. The van der Waals surface area contributed by atoms with E-state index in [0.29, 0.717) is 11.5 Å². The second kappa shape index (κ2) is 3.37. The first kappa shape index (κ1) is 10.2. The molecule has 94 valence electrons. The van der Waals surface area contributed by atoms with Crippen LogP contribution in [0.1, 0.15) is 5.69 Å². The highest BCUT2D eigenvalue weighted by molar-refractivity contribution is 5.88. The van der Waals surface area contributed by atoms with Crippen molar-refractivity contribution in [3.63, 3.8) is 0 Å². The molecule has 8 heteroatoms. The highest BCUT2D eigenvalue weighted by Crippen LogP contribution is 2.19. The van der Waals surface area contributed by atoms with Crippen molar-refractivity contribution >= 4 is 16.7 Å². The second-order valence-electron chi connectivity index (χ2n) is 4.38. The first-order valence-corrected chi connectivity index (χ1v) is 5.78. The Bertz CT molecular complexity index is 896. The summed E-state index contributed by atoms with van der Waals surface area (Å²) in [4.78, 5) is 8.77. The molecule has 0 spiro atoms. The van der Waals surface area contributed by atoms with Crippen LogP contribution in [0.4, 0.5) is 0 Å². The van der Waals surface area contributed by atoms with Crippen LogP contribution in [-0.4, -0.2) is 39.6 Å². The van der Waals surface area contributed by atoms with E-state index in [1.165, 1.54) is 0 Å². The lowest BCUT2D eigenvalue weighted by molar-refractivity contribution is 0.758. The molecule has 8 nitrogen and oxygen atoms in total. The van der Waals surface area contributed by atoms with Crippen molar-refractivity contribution in [3.8, 4) is 11.5 Å². The summed E-state index contributed by atoms with van der Waals surface area (Å²) < 4.78 is 3.42. The van der Waals surface area contributed by atoms with Gasteiger partial charge in [0.05, 0.1) is 17.3 Å². The lowest BCUT2D eigenvalue weighted by Crippen LogP contribution is -1.95. The number of hydrogen-bond donors (Lipinski definition) is 1. The molecule has 4 heterocycles. The molecule has 1 N–H and O–H groups in total. The summed E-state index contributed by atoms with van der Waals surface area (Å²) in [6.45, 7) is 1.94. The van der Waals surface area contributed by atoms with Crippen LogP contribution in [0.3, 0.4) is 0 Å². The highest BCUT2D eigenvalue weighted by atomic mass is 15.3. The molecule has 0 aliphatic heterocycles. The van der Waals surface area contributed by atoms with Gasteiger partial charge in [0, 0.05) is 7.05 Å². The zero-order valence-corrected chi connectivity index (χ0v) is 10.4. The topological polar surface area (TPSA) is 89.6 Å².